The molecule has 102 valence electrons. The van der Waals surface area contributed by atoms with Gasteiger partial charge in [0.1, 0.15) is 12.4 Å². The van der Waals surface area contributed by atoms with Crippen LogP contribution in [0.15, 0.2) is 24.3 Å². The highest BCUT2D eigenvalue weighted by Crippen LogP contribution is 2.28. The van der Waals surface area contributed by atoms with Crippen molar-refractivity contribution >= 4 is 17.7 Å². The Kier molecular flexibility index (Phi) is 3.89. The fraction of sp³-hybridized carbons (Fsp3) is 0.385. The number of amides is 1. The Morgan fingerprint density at radius 1 is 1.58 bits per heavy atom. The van der Waals surface area contributed by atoms with E-state index in [1.165, 1.54) is 4.90 Å². The van der Waals surface area contributed by atoms with Gasteiger partial charge >= 0.3 is 12.1 Å². The van der Waals surface area contributed by atoms with E-state index in [0.29, 0.717) is 17.9 Å². The molecule has 1 atom stereocenters. The molecule has 6 nitrogen and oxygen atoms in total. The quantitative estimate of drug-likeness (QED) is 0.879. The van der Waals surface area contributed by atoms with Crippen LogP contribution in [-0.4, -0.2) is 36.9 Å². The standard InChI is InChI=1S/C13H15NO5/c1-18-11-4-2-3-9(7-11)14-10(5-6-12(15)16)8-19-13(14)17/h2-4,7,10H,5-6,8H2,1H3,(H,15,16). The molecule has 1 unspecified atom stereocenters. The summed E-state index contributed by atoms with van der Waals surface area (Å²) in [4.78, 5) is 23.8. The van der Waals surface area contributed by atoms with Crippen LogP contribution in [0.5, 0.6) is 5.75 Å². The first-order valence-corrected chi connectivity index (χ1v) is 5.93. The Balaban J connectivity index is 2.18. The van der Waals surface area contributed by atoms with Crippen molar-refractivity contribution in [3.05, 3.63) is 24.3 Å². The van der Waals surface area contributed by atoms with E-state index < -0.39 is 12.1 Å². The Morgan fingerprint density at radius 2 is 2.37 bits per heavy atom. The maximum absolute atomic E-state index is 11.7. The third-order valence-corrected chi connectivity index (χ3v) is 2.98. The van der Waals surface area contributed by atoms with Gasteiger partial charge < -0.3 is 14.6 Å². The zero-order chi connectivity index (χ0) is 13.8. The third-order valence-electron chi connectivity index (χ3n) is 2.98. The lowest BCUT2D eigenvalue weighted by molar-refractivity contribution is -0.137. The summed E-state index contributed by atoms with van der Waals surface area (Å²) < 4.78 is 10.1. The second-order valence-corrected chi connectivity index (χ2v) is 4.23. The summed E-state index contributed by atoms with van der Waals surface area (Å²) in [5.41, 5.74) is 0.650. The Morgan fingerprint density at radius 3 is 3.05 bits per heavy atom. The minimum absolute atomic E-state index is 0.00176. The monoisotopic (exact) mass is 265 g/mol. The lowest BCUT2D eigenvalue weighted by Crippen LogP contribution is -2.33. The number of anilines is 1. The van der Waals surface area contributed by atoms with Crippen LogP contribution in [0.4, 0.5) is 10.5 Å². The van der Waals surface area contributed by atoms with Crippen molar-refractivity contribution in [3.63, 3.8) is 0 Å². The van der Waals surface area contributed by atoms with E-state index in [4.69, 9.17) is 14.6 Å². The largest absolute Gasteiger partial charge is 0.497 e. The smallest absolute Gasteiger partial charge is 0.414 e. The van der Waals surface area contributed by atoms with Crippen molar-refractivity contribution in [3.8, 4) is 5.75 Å². The number of aliphatic carboxylic acids is 1. The van der Waals surface area contributed by atoms with Crippen molar-refractivity contribution in [2.24, 2.45) is 0 Å². The molecule has 1 amide bonds. The SMILES string of the molecule is COc1cccc(N2C(=O)OCC2CCC(=O)O)c1. The predicted octanol–water partition coefficient (Wildman–Crippen LogP) is 1.89. The number of benzene rings is 1. The Hall–Kier alpha value is -2.24. The topological polar surface area (TPSA) is 76.1 Å². The molecule has 1 aliphatic heterocycles. The molecule has 0 aromatic heterocycles. The van der Waals surface area contributed by atoms with Crippen LogP contribution in [0.2, 0.25) is 0 Å². The van der Waals surface area contributed by atoms with E-state index >= 15 is 0 Å². The number of carboxylic acids is 1. The summed E-state index contributed by atoms with van der Waals surface area (Å²) in [7, 11) is 1.54. The van der Waals surface area contributed by atoms with Crippen molar-refractivity contribution in [2.45, 2.75) is 18.9 Å². The van der Waals surface area contributed by atoms with Crippen molar-refractivity contribution in [1.29, 1.82) is 0 Å². The van der Waals surface area contributed by atoms with E-state index in [0.717, 1.165) is 0 Å². The van der Waals surface area contributed by atoms with Gasteiger partial charge in [0.25, 0.3) is 0 Å². The van der Waals surface area contributed by atoms with Crippen LogP contribution in [0.1, 0.15) is 12.8 Å². The summed E-state index contributed by atoms with van der Waals surface area (Å²) in [5, 5.41) is 8.71. The van der Waals surface area contributed by atoms with Crippen LogP contribution < -0.4 is 9.64 Å². The number of hydrogen-bond donors (Lipinski definition) is 1. The summed E-state index contributed by atoms with van der Waals surface area (Å²) in [6, 6.07) is 6.78. The molecule has 1 aromatic carbocycles. The predicted molar refractivity (Wildman–Crippen MR) is 67.5 cm³/mol. The maximum Gasteiger partial charge on any atom is 0.414 e. The molecule has 6 heteroatoms. The number of carbonyl (C=O) groups excluding carboxylic acids is 1. The molecule has 0 spiro atoms. The van der Waals surface area contributed by atoms with Gasteiger partial charge in [-0.15, -0.1) is 0 Å². The van der Waals surface area contributed by atoms with Crippen molar-refractivity contribution < 1.29 is 24.2 Å². The average molecular weight is 265 g/mol. The zero-order valence-electron chi connectivity index (χ0n) is 10.5. The molecule has 2 rings (SSSR count). The molecule has 1 aromatic rings. The van der Waals surface area contributed by atoms with Gasteiger partial charge in [-0.1, -0.05) is 6.07 Å². The normalized spacial score (nSPS) is 18.3. The van der Waals surface area contributed by atoms with E-state index in [9.17, 15) is 9.59 Å². The van der Waals surface area contributed by atoms with Crippen LogP contribution in [0.25, 0.3) is 0 Å². The number of nitrogens with zero attached hydrogens (tertiary/aromatic N) is 1. The highest BCUT2D eigenvalue weighted by molar-refractivity contribution is 5.90. The fourth-order valence-electron chi connectivity index (χ4n) is 2.04. The van der Waals surface area contributed by atoms with E-state index in [-0.39, 0.29) is 19.1 Å². The molecule has 1 heterocycles. The number of rotatable bonds is 5. The van der Waals surface area contributed by atoms with E-state index in [1.54, 1.807) is 31.4 Å². The number of carboxylic acid groups (broad SMARTS) is 1. The summed E-state index contributed by atoms with van der Waals surface area (Å²) in [6.45, 7) is 0.212. The van der Waals surface area contributed by atoms with Crippen molar-refractivity contribution in [2.75, 3.05) is 18.6 Å². The molecule has 0 saturated carbocycles. The molecule has 1 saturated heterocycles. The van der Waals surface area contributed by atoms with Gasteiger partial charge in [-0.05, 0) is 18.6 Å². The number of methoxy groups -OCH3 is 1. The molecule has 1 aliphatic rings. The highest BCUT2D eigenvalue weighted by Gasteiger charge is 2.34. The first-order valence-electron chi connectivity index (χ1n) is 5.93. The summed E-state index contributed by atoms with van der Waals surface area (Å²) in [5.74, 6) is -0.251. The second-order valence-electron chi connectivity index (χ2n) is 4.23. The fourth-order valence-corrected chi connectivity index (χ4v) is 2.04. The summed E-state index contributed by atoms with van der Waals surface area (Å²) >= 11 is 0. The minimum Gasteiger partial charge on any atom is -0.497 e. The molecule has 0 bridgehead atoms. The number of ether oxygens (including phenoxy) is 2. The van der Waals surface area contributed by atoms with Crippen LogP contribution in [0.3, 0.4) is 0 Å². The van der Waals surface area contributed by atoms with Crippen LogP contribution in [0, 0.1) is 0 Å². The third kappa shape index (κ3) is 2.96. The van der Waals surface area contributed by atoms with Gasteiger partial charge in [0.15, 0.2) is 0 Å². The molecule has 19 heavy (non-hydrogen) atoms. The zero-order valence-corrected chi connectivity index (χ0v) is 10.5. The molecule has 0 radical (unpaired) electrons. The van der Waals surface area contributed by atoms with E-state index in [1.807, 2.05) is 0 Å². The molecular formula is C13H15NO5. The Labute approximate surface area is 110 Å². The Bertz CT molecular complexity index is 488. The first kappa shape index (κ1) is 13.2. The first-order chi connectivity index (χ1) is 9.11. The van der Waals surface area contributed by atoms with Crippen LogP contribution in [-0.2, 0) is 9.53 Å². The molecule has 1 N–H and O–H groups in total. The van der Waals surface area contributed by atoms with Gasteiger partial charge in [-0.25, -0.2) is 4.79 Å². The van der Waals surface area contributed by atoms with Crippen LogP contribution >= 0.6 is 0 Å². The molecule has 1 fully saturated rings. The molecular weight excluding hydrogens is 250 g/mol. The van der Waals surface area contributed by atoms with Gasteiger partial charge in [-0.2, -0.15) is 0 Å². The lowest BCUT2D eigenvalue weighted by atomic mass is 10.1. The van der Waals surface area contributed by atoms with Gasteiger partial charge in [0, 0.05) is 12.5 Å². The average Bonchev–Trinajstić information content (AvgIpc) is 2.77. The lowest BCUT2D eigenvalue weighted by Gasteiger charge is -2.21. The maximum atomic E-state index is 11.7. The van der Waals surface area contributed by atoms with Gasteiger partial charge in [-0.3, -0.25) is 9.69 Å². The van der Waals surface area contributed by atoms with Gasteiger partial charge in [0.05, 0.1) is 18.8 Å². The van der Waals surface area contributed by atoms with Crippen molar-refractivity contribution in [1.82, 2.24) is 0 Å². The molecule has 0 aliphatic carbocycles. The summed E-state index contributed by atoms with van der Waals surface area (Å²) in [6.07, 6.45) is -0.0938. The minimum atomic E-state index is -0.884. The van der Waals surface area contributed by atoms with Gasteiger partial charge in [0.2, 0.25) is 0 Å². The number of hydrogen-bond acceptors (Lipinski definition) is 4. The number of carbonyl (C=O) groups is 2. The number of cyclic esters (lactones) is 1. The van der Waals surface area contributed by atoms with E-state index in [2.05, 4.69) is 0 Å². The highest BCUT2D eigenvalue weighted by atomic mass is 16.6. The second kappa shape index (κ2) is 5.60.